The zero-order chi connectivity index (χ0) is 24.1. The molecule has 176 valence electrons. The van der Waals surface area contributed by atoms with Crippen molar-refractivity contribution < 1.29 is 24.5 Å². The van der Waals surface area contributed by atoms with Crippen LogP contribution in [0.1, 0.15) is 28.7 Å². The van der Waals surface area contributed by atoms with E-state index in [0.717, 1.165) is 22.3 Å². The highest BCUT2D eigenvalue weighted by atomic mass is 35.5. The number of fused-ring (bicyclic) bond motifs is 3. The van der Waals surface area contributed by atoms with Crippen molar-refractivity contribution in [2.45, 2.75) is 18.1 Å². The average Bonchev–Trinajstić information content (AvgIpc) is 3.19. The van der Waals surface area contributed by atoms with Crippen LogP contribution in [0.4, 0.5) is 10.5 Å². The Morgan fingerprint density at radius 2 is 1.50 bits per heavy atom. The molecule has 0 fully saturated rings. The normalized spacial score (nSPS) is 14.0. The van der Waals surface area contributed by atoms with Crippen LogP contribution >= 0.6 is 11.6 Å². The third-order valence-electron chi connectivity index (χ3n) is 5.82. The van der Waals surface area contributed by atoms with Gasteiger partial charge in [0.1, 0.15) is 24.7 Å². The fourth-order valence-electron chi connectivity index (χ4n) is 4.13. The summed E-state index contributed by atoms with van der Waals surface area (Å²) in [5, 5.41) is 25.8. The Morgan fingerprint density at radius 1 is 0.912 bits per heavy atom. The highest BCUT2D eigenvalue weighted by Crippen LogP contribution is 2.44. The van der Waals surface area contributed by atoms with Crippen molar-refractivity contribution in [1.82, 2.24) is 5.32 Å². The summed E-state index contributed by atoms with van der Waals surface area (Å²) in [6.45, 7) is -0.0312. The van der Waals surface area contributed by atoms with Gasteiger partial charge >= 0.3 is 6.09 Å². The number of alkyl carbamates (subject to hydrolysis) is 1. The van der Waals surface area contributed by atoms with Gasteiger partial charge in [0.05, 0.1) is 0 Å². The van der Waals surface area contributed by atoms with Crippen molar-refractivity contribution >= 4 is 29.3 Å². The van der Waals surface area contributed by atoms with Crippen LogP contribution in [0, 0.1) is 0 Å². The molecule has 0 heterocycles. The lowest BCUT2D eigenvalue weighted by Gasteiger charge is -2.19. The topological polar surface area (TPSA) is 108 Å². The molecule has 34 heavy (non-hydrogen) atoms. The smallest absolute Gasteiger partial charge is 0.407 e. The Morgan fingerprint density at radius 3 is 2.09 bits per heavy atom. The van der Waals surface area contributed by atoms with Gasteiger partial charge < -0.3 is 25.6 Å². The highest BCUT2D eigenvalue weighted by molar-refractivity contribution is 6.29. The number of halogens is 1. The van der Waals surface area contributed by atoms with Gasteiger partial charge in [-0.1, -0.05) is 60.7 Å². The van der Waals surface area contributed by atoms with E-state index in [1.54, 1.807) is 24.3 Å². The predicted octanol–water partition coefficient (Wildman–Crippen LogP) is 3.80. The zero-order valence-electron chi connectivity index (χ0n) is 18.3. The quantitative estimate of drug-likeness (QED) is 0.367. The van der Waals surface area contributed by atoms with Gasteiger partial charge in [0.15, 0.2) is 0 Å². The minimum atomic E-state index is -1.25. The number of aliphatic hydroxyl groups excluding tert-OH is 2. The number of amides is 2. The number of nitrogens with one attached hydrogen (secondary N) is 2. The summed E-state index contributed by atoms with van der Waals surface area (Å²) in [6.07, 6.45) is -3.15. The molecule has 0 spiro atoms. The molecule has 1 aliphatic rings. The second-order valence-corrected chi connectivity index (χ2v) is 8.29. The molecule has 0 saturated heterocycles. The summed E-state index contributed by atoms with van der Waals surface area (Å²) in [4.78, 5) is 23.6. The van der Waals surface area contributed by atoms with Gasteiger partial charge in [-0.25, -0.2) is 4.79 Å². The van der Waals surface area contributed by atoms with E-state index in [2.05, 4.69) is 22.8 Å². The lowest BCUT2D eigenvalue weighted by atomic mass is 9.98. The molecular weight excluding hydrogens is 456 g/mol. The number of anilines is 1. The fourth-order valence-corrected chi connectivity index (χ4v) is 4.20. The lowest BCUT2D eigenvalue weighted by molar-refractivity contribution is -0.113. The van der Waals surface area contributed by atoms with Crippen molar-refractivity contribution in [3.05, 3.63) is 89.5 Å². The number of aliphatic hydroxyl groups is 2. The molecule has 7 nitrogen and oxygen atoms in total. The number of benzene rings is 3. The Bertz CT molecular complexity index is 1120. The molecule has 4 rings (SSSR count). The fraction of sp³-hybridized carbons (Fsp3) is 0.231. The molecule has 0 aromatic heterocycles. The summed E-state index contributed by atoms with van der Waals surface area (Å²) in [7, 11) is 0. The van der Waals surface area contributed by atoms with Crippen molar-refractivity contribution in [3.63, 3.8) is 0 Å². The van der Waals surface area contributed by atoms with Crippen molar-refractivity contribution in [1.29, 1.82) is 0 Å². The minimum absolute atomic E-state index is 0.0635. The lowest BCUT2D eigenvalue weighted by Crippen LogP contribution is -2.36. The van der Waals surface area contributed by atoms with Crippen LogP contribution in [0.2, 0.25) is 0 Å². The molecule has 2 atom stereocenters. The second kappa shape index (κ2) is 10.7. The summed E-state index contributed by atoms with van der Waals surface area (Å²) in [6, 6.07) is 22.4. The molecule has 0 saturated carbocycles. The van der Waals surface area contributed by atoms with Gasteiger partial charge in [0.25, 0.3) is 0 Å². The first-order chi connectivity index (χ1) is 16.5. The van der Waals surface area contributed by atoms with E-state index < -0.39 is 18.3 Å². The maximum Gasteiger partial charge on any atom is 0.407 e. The van der Waals surface area contributed by atoms with Gasteiger partial charge in [0, 0.05) is 18.2 Å². The van der Waals surface area contributed by atoms with E-state index in [4.69, 9.17) is 16.3 Å². The van der Waals surface area contributed by atoms with Crippen molar-refractivity contribution in [2.24, 2.45) is 0 Å². The molecule has 8 heteroatoms. The molecule has 3 aromatic carbocycles. The van der Waals surface area contributed by atoms with Gasteiger partial charge in [-0.3, -0.25) is 4.79 Å². The maximum absolute atomic E-state index is 12.3. The van der Waals surface area contributed by atoms with Crippen LogP contribution in [0.5, 0.6) is 0 Å². The number of carbonyl (C=O) groups excluding carboxylic acids is 2. The van der Waals surface area contributed by atoms with Crippen LogP contribution in [0.15, 0.2) is 72.8 Å². The van der Waals surface area contributed by atoms with Crippen LogP contribution in [0.25, 0.3) is 11.1 Å². The van der Waals surface area contributed by atoms with E-state index in [1.807, 2.05) is 36.4 Å². The van der Waals surface area contributed by atoms with E-state index >= 15 is 0 Å². The predicted molar refractivity (Wildman–Crippen MR) is 130 cm³/mol. The molecule has 1 aliphatic carbocycles. The summed E-state index contributed by atoms with van der Waals surface area (Å²) < 4.78 is 5.45. The Hall–Kier alpha value is -3.39. The first kappa shape index (κ1) is 23.8. The average molecular weight is 481 g/mol. The van der Waals surface area contributed by atoms with E-state index in [1.165, 1.54) is 0 Å². The summed E-state index contributed by atoms with van der Waals surface area (Å²) in [5.74, 6) is -0.571. The number of hydrogen-bond acceptors (Lipinski definition) is 5. The van der Waals surface area contributed by atoms with Crippen LogP contribution in [-0.4, -0.2) is 47.3 Å². The second-order valence-electron chi connectivity index (χ2n) is 8.02. The van der Waals surface area contributed by atoms with Gasteiger partial charge in [-0.2, -0.15) is 0 Å². The molecule has 2 amide bonds. The van der Waals surface area contributed by atoms with Crippen molar-refractivity contribution in [2.75, 3.05) is 24.3 Å². The maximum atomic E-state index is 12.3. The number of carbonyl (C=O) groups is 2. The van der Waals surface area contributed by atoms with Crippen molar-refractivity contribution in [3.8, 4) is 11.1 Å². The minimum Gasteiger partial charge on any atom is -0.449 e. The van der Waals surface area contributed by atoms with E-state index in [0.29, 0.717) is 11.3 Å². The Labute approximate surface area is 202 Å². The van der Waals surface area contributed by atoms with E-state index in [9.17, 15) is 19.8 Å². The standard InChI is InChI=1S/C26H25ClN2O5/c27-13-24(31)29-17-11-9-16(10-12-17)25(32)23(30)14-28-26(33)34-15-22-20-7-3-1-5-18(20)19-6-2-4-8-21(19)22/h1-12,22-23,25,30,32H,13-15H2,(H,28,33)(H,29,31). The number of hydrogen-bond donors (Lipinski definition) is 4. The first-order valence-corrected chi connectivity index (χ1v) is 11.4. The SMILES string of the molecule is O=C(CCl)Nc1ccc(C(O)C(O)CNC(=O)OCC2c3ccccc3-c3ccccc32)cc1. The summed E-state index contributed by atoms with van der Waals surface area (Å²) in [5.41, 5.74) is 5.45. The van der Waals surface area contributed by atoms with Crippen LogP contribution < -0.4 is 10.6 Å². The third kappa shape index (κ3) is 5.22. The largest absolute Gasteiger partial charge is 0.449 e. The number of ether oxygens (including phenoxy) is 1. The third-order valence-corrected chi connectivity index (χ3v) is 6.06. The molecular formula is C26H25ClN2O5. The van der Waals surface area contributed by atoms with E-state index in [-0.39, 0.29) is 30.9 Å². The summed E-state index contributed by atoms with van der Waals surface area (Å²) >= 11 is 5.46. The monoisotopic (exact) mass is 480 g/mol. The van der Waals surface area contributed by atoms with Gasteiger partial charge in [0.2, 0.25) is 5.91 Å². The first-order valence-electron chi connectivity index (χ1n) is 10.9. The molecule has 2 unspecified atom stereocenters. The van der Waals surface area contributed by atoms with Crippen LogP contribution in [-0.2, 0) is 9.53 Å². The van der Waals surface area contributed by atoms with Crippen LogP contribution in [0.3, 0.4) is 0 Å². The molecule has 0 aliphatic heterocycles. The molecule has 4 N–H and O–H groups in total. The molecule has 3 aromatic rings. The Balaban J connectivity index is 1.29. The molecule has 0 radical (unpaired) electrons. The van der Waals surface area contributed by atoms with Gasteiger partial charge in [-0.05, 0) is 39.9 Å². The highest BCUT2D eigenvalue weighted by Gasteiger charge is 2.29. The number of alkyl halides is 1. The molecule has 0 bridgehead atoms. The Kier molecular flexibility index (Phi) is 7.47. The zero-order valence-corrected chi connectivity index (χ0v) is 19.0. The van der Waals surface area contributed by atoms with Gasteiger partial charge in [-0.15, -0.1) is 11.6 Å². The number of rotatable bonds is 8.